The molecule has 0 spiro atoms. The zero-order valence-electron chi connectivity index (χ0n) is 17.6. The molecule has 1 fully saturated rings. The minimum Gasteiger partial charge on any atom is -0.386 e. The highest BCUT2D eigenvalue weighted by atomic mass is 32.1. The number of aromatic nitrogens is 2. The number of hydrogen-bond donors (Lipinski definition) is 2. The summed E-state index contributed by atoms with van der Waals surface area (Å²) < 4.78 is 4.56. The van der Waals surface area contributed by atoms with E-state index < -0.39 is 17.8 Å². The number of carbonyl (C=O) groups is 3. The molecule has 0 atom stereocenters. The first-order valence-corrected chi connectivity index (χ1v) is 11.4. The average Bonchev–Trinajstić information content (AvgIpc) is 3.38. The zero-order valence-corrected chi connectivity index (χ0v) is 18.4. The highest BCUT2D eigenvalue weighted by Crippen LogP contribution is 2.25. The van der Waals surface area contributed by atoms with Gasteiger partial charge in [-0.25, -0.2) is 9.59 Å². The second kappa shape index (κ2) is 9.08. The first-order valence-electron chi connectivity index (χ1n) is 10.6. The number of anilines is 2. The van der Waals surface area contributed by atoms with Gasteiger partial charge in [-0.1, -0.05) is 41.7 Å². The number of likely N-dealkylation sites (tertiary alicyclic amines) is 1. The smallest absolute Gasteiger partial charge is 0.346 e. The van der Waals surface area contributed by atoms with Crippen LogP contribution in [-0.4, -0.2) is 52.1 Å². The summed E-state index contributed by atoms with van der Waals surface area (Å²) in [5.74, 6) is -1.89. The molecule has 3 aromatic rings. The summed E-state index contributed by atoms with van der Waals surface area (Å²) in [4.78, 5) is 38.2. The lowest BCUT2D eigenvalue weighted by Gasteiger charge is -2.32. The fraction of sp³-hybridized carbons (Fsp3) is 0.261. The van der Waals surface area contributed by atoms with Gasteiger partial charge in [-0.05, 0) is 36.6 Å². The molecule has 0 aliphatic carbocycles. The number of ether oxygens (including phenoxy) is 1. The molecule has 1 aromatic heterocycles. The van der Waals surface area contributed by atoms with Gasteiger partial charge in [0.05, 0.1) is 11.1 Å². The molecule has 9 nitrogen and oxygen atoms in total. The molecule has 3 heterocycles. The molecule has 5 rings (SSSR count). The molecule has 0 bridgehead atoms. The van der Waals surface area contributed by atoms with E-state index in [2.05, 4.69) is 54.7 Å². The molecule has 10 heteroatoms. The van der Waals surface area contributed by atoms with Gasteiger partial charge in [-0.3, -0.25) is 15.0 Å². The Morgan fingerprint density at radius 2 is 1.73 bits per heavy atom. The van der Waals surface area contributed by atoms with Crippen LogP contribution in [-0.2, 0) is 11.3 Å². The van der Waals surface area contributed by atoms with Crippen molar-refractivity contribution in [1.82, 2.24) is 15.1 Å². The first-order chi connectivity index (χ1) is 16.0. The van der Waals surface area contributed by atoms with Crippen molar-refractivity contribution in [1.29, 1.82) is 0 Å². The number of fused-ring (bicyclic) bond motifs is 1. The molecule has 0 saturated carbocycles. The van der Waals surface area contributed by atoms with Gasteiger partial charge in [0.2, 0.25) is 10.3 Å². The van der Waals surface area contributed by atoms with Crippen LogP contribution in [0.4, 0.5) is 10.3 Å². The van der Waals surface area contributed by atoms with Crippen molar-refractivity contribution in [2.24, 2.45) is 0 Å². The van der Waals surface area contributed by atoms with Crippen molar-refractivity contribution in [3.63, 3.8) is 0 Å². The first kappa shape index (κ1) is 21.2. The number of nitrogens with zero attached hydrogens (tertiary/aromatic N) is 3. The standard InChI is InChI=1S/C23H21N5O4S/c29-19(15-6-7-17-18(12-15)21(31)32-20(17)30)25-23-27-26-22(33-23)24-16-8-10-28(11-9-16)13-14-4-2-1-3-5-14/h1-7,12,16H,8-11,13H2,(H,24,26)(H,25,27,29). The second-order valence-electron chi connectivity index (χ2n) is 7.98. The number of cyclic esters (lactones) is 2. The number of rotatable bonds is 6. The summed E-state index contributed by atoms with van der Waals surface area (Å²) in [5, 5.41) is 15.3. The molecule has 2 N–H and O–H groups in total. The van der Waals surface area contributed by atoms with Gasteiger partial charge >= 0.3 is 11.9 Å². The quantitative estimate of drug-likeness (QED) is 0.423. The molecule has 1 amide bonds. The van der Waals surface area contributed by atoms with Crippen molar-refractivity contribution in [2.45, 2.75) is 25.4 Å². The van der Waals surface area contributed by atoms with Gasteiger partial charge in [-0.2, -0.15) is 0 Å². The number of hydrogen-bond acceptors (Lipinski definition) is 9. The Morgan fingerprint density at radius 1 is 1.00 bits per heavy atom. The number of carbonyl (C=O) groups excluding carboxylic acids is 3. The van der Waals surface area contributed by atoms with Crippen LogP contribution in [0.25, 0.3) is 0 Å². The Morgan fingerprint density at radius 3 is 2.52 bits per heavy atom. The lowest BCUT2D eigenvalue weighted by atomic mass is 10.0. The van der Waals surface area contributed by atoms with Crippen molar-refractivity contribution in [2.75, 3.05) is 23.7 Å². The molecule has 0 unspecified atom stereocenters. The maximum Gasteiger partial charge on any atom is 0.346 e. The zero-order chi connectivity index (χ0) is 22.8. The van der Waals surface area contributed by atoms with Crippen LogP contribution in [0.2, 0.25) is 0 Å². The molecule has 2 aliphatic rings. The van der Waals surface area contributed by atoms with Gasteiger partial charge in [0, 0.05) is 31.2 Å². The van der Waals surface area contributed by atoms with E-state index in [1.165, 1.54) is 35.1 Å². The summed E-state index contributed by atoms with van der Waals surface area (Å²) in [6.45, 7) is 2.95. The largest absolute Gasteiger partial charge is 0.386 e. The summed E-state index contributed by atoms with van der Waals surface area (Å²) in [6.07, 6.45) is 2.00. The normalized spacial score (nSPS) is 16.4. The van der Waals surface area contributed by atoms with E-state index in [0.29, 0.717) is 16.3 Å². The van der Waals surface area contributed by atoms with E-state index in [4.69, 9.17) is 0 Å². The van der Waals surface area contributed by atoms with Gasteiger partial charge < -0.3 is 10.1 Å². The second-order valence-corrected chi connectivity index (χ2v) is 8.96. The van der Waals surface area contributed by atoms with Crippen LogP contribution in [0.5, 0.6) is 0 Å². The summed E-state index contributed by atoms with van der Waals surface area (Å²) >= 11 is 1.25. The van der Waals surface area contributed by atoms with Crippen LogP contribution in [0, 0.1) is 0 Å². The molecule has 0 radical (unpaired) electrons. The van der Waals surface area contributed by atoms with Crippen LogP contribution < -0.4 is 10.6 Å². The minimum atomic E-state index is -0.748. The van der Waals surface area contributed by atoms with E-state index >= 15 is 0 Å². The maximum absolute atomic E-state index is 12.6. The Bertz CT molecular complexity index is 1200. The van der Waals surface area contributed by atoms with Crippen molar-refractivity contribution in [3.8, 4) is 0 Å². The number of piperidine rings is 1. The van der Waals surface area contributed by atoms with Crippen LogP contribution in [0.1, 0.15) is 49.5 Å². The monoisotopic (exact) mass is 463 g/mol. The van der Waals surface area contributed by atoms with Crippen molar-refractivity contribution >= 4 is 39.4 Å². The summed E-state index contributed by atoms with van der Waals surface area (Å²) in [6, 6.07) is 15.0. The van der Waals surface area contributed by atoms with Crippen LogP contribution in [0.15, 0.2) is 48.5 Å². The average molecular weight is 464 g/mol. The number of esters is 2. The van der Waals surface area contributed by atoms with E-state index in [-0.39, 0.29) is 16.7 Å². The minimum absolute atomic E-state index is 0.0888. The molecule has 33 heavy (non-hydrogen) atoms. The molecule has 168 valence electrons. The number of benzene rings is 2. The topological polar surface area (TPSA) is 114 Å². The summed E-state index contributed by atoms with van der Waals surface area (Å²) in [5.41, 5.74) is 1.80. The molecular weight excluding hydrogens is 442 g/mol. The van der Waals surface area contributed by atoms with Crippen molar-refractivity contribution in [3.05, 3.63) is 70.8 Å². The van der Waals surface area contributed by atoms with Gasteiger partial charge in [-0.15, -0.1) is 10.2 Å². The van der Waals surface area contributed by atoms with E-state index in [9.17, 15) is 14.4 Å². The Kier molecular flexibility index (Phi) is 5.84. The highest BCUT2D eigenvalue weighted by molar-refractivity contribution is 7.19. The fourth-order valence-corrected chi connectivity index (χ4v) is 4.70. The lowest BCUT2D eigenvalue weighted by molar-refractivity contribution is 0.0443. The van der Waals surface area contributed by atoms with Crippen LogP contribution >= 0.6 is 11.3 Å². The predicted octanol–water partition coefficient (Wildman–Crippen LogP) is 3.18. The Hall–Kier alpha value is -3.63. The highest BCUT2D eigenvalue weighted by Gasteiger charge is 2.30. The number of nitrogens with one attached hydrogen (secondary N) is 2. The number of amides is 1. The van der Waals surface area contributed by atoms with E-state index in [0.717, 1.165) is 32.5 Å². The molecular formula is C23H21N5O4S. The predicted molar refractivity (Wildman–Crippen MR) is 122 cm³/mol. The van der Waals surface area contributed by atoms with Crippen LogP contribution in [0.3, 0.4) is 0 Å². The van der Waals surface area contributed by atoms with Gasteiger partial charge in [0.25, 0.3) is 5.91 Å². The van der Waals surface area contributed by atoms with Gasteiger partial charge in [0.15, 0.2) is 0 Å². The molecule has 1 saturated heterocycles. The molecule has 2 aliphatic heterocycles. The third-order valence-electron chi connectivity index (χ3n) is 5.72. The third kappa shape index (κ3) is 4.76. The Labute approximate surface area is 193 Å². The lowest BCUT2D eigenvalue weighted by Crippen LogP contribution is -2.38. The SMILES string of the molecule is O=C(Nc1nnc(NC2CCN(Cc3ccccc3)CC2)s1)c1ccc2c(c1)C(=O)OC2=O. The van der Waals surface area contributed by atoms with Gasteiger partial charge in [0.1, 0.15) is 0 Å². The molecule has 2 aromatic carbocycles. The Balaban J connectivity index is 1.14. The van der Waals surface area contributed by atoms with E-state index in [1.807, 2.05) is 6.07 Å². The summed E-state index contributed by atoms with van der Waals surface area (Å²) in [7, 11) is 0. The third-order valence-corrected chi connectivity index (χ3v) is 6.49. The maximum atomic E-state index is 12.6. The van der Waals surface area contributed by atoms with Crippen molar-refractivity contribution < 1.29 is 19.1 Å². The van der Waals surface area contributed by atoms with E-state index in [1.54, 1.807) is 0 Å². The fourth-order valence-electron chi connectivity index (χ4n) is 3.98.